The molecule has 0 spiro atoms. The van der Waals surface area contributed by atoms with E-state index in [2.05, 4.69) is 0 Å². The zero-order valence-corrected chi connectivity index (χ0v) is 10.3. The molecular formula is C12H12O4S. The highest BCUT2D eigenvalue weighted by molar-refractivity contribution is 7.98. The van der Waals surface area contributed by atoms with Crippen molar-refractivity contribution in [2.75, 3.05) is 12.9 Å². The van der Waals surface area contributed by atoms with Crippen molar-refractivity contribution in [2.24, 2.45) is 0 Å². The number of ether oxygens (including phenoxy) is 1. The molecule has 90 valence electrons. The fraction of sp³-hybridized carbons (Fsp3) is 0.250. The Morgan fingerprint density at radius 3 is 2.94 bits per heavy atom. The van der Waals surface area contributed by atoms with Gasteiger partial charge in [0.05, 0.1) is 12.0 Å². The van der Waals surface area contributed by atoms with Crippen molar-refractivity contribution in [1.29, 1.82) is 0 Å². The van der Waals surface area contributed by atoms with E-state index in [9.17, 15) is 9.90 Å². The maximum absolute atomic E-state index is 11.5. The van der Waals surface area contributed by atoms with Gasteiger partial charge in [-0.15, -0.1) is 11.8 Å². The summed E-state index contributed by atoms with van der Waals surface area (Å²) in [4.78, 5) is 12.5. The van der Waals surface area contributed by atoms with Gasteiger partial charge in [0.25, 0.3) is 5.76 Å². The number of benzene rings is 1. The van der Waals surface area contributed by atoms with E-state index in [0.717, 1.165) is 4.90 Å². The summed E-state index contributed by atoms with van der Waals surface area (Å²) in [5.74, 6) is -0.943. The van der Waals surface area contributed by atoms with Crippen LogP contribution in [0.2, 0.25) is 0 Å². The molecule has 0 aliphatic carbocycles. The smallest absolute Gasteiger partial charge is 0.378 e. The van der Waals surface area contributed by atoms with Gasteiger partial charge in [0.15, 0.2) is 5.75 Å². The summed E-state index contributed by atoms with van der Waals surface area (Å²) in [5.41, 5.74) is 0.475. The number of hydrogen-bond acceptors (Lipinski definition) is 5. The number of carbonyl (C=O) groups is 1. The molecule has 0 bridgehead atoms. The number of aromatic hydroxyl groups is 1. The van der Waals surface area contributed by atoms with Crippen LogP contribution in [0.25, 0.3) is 11.0 Å². The first-order valence-corrected chi connectivity index (χ1v) is 6.36. The van der Waals surface area contributed by atoms with Crippen molar-refractivity contribution >= 4 is 28.7 Å². The number of rotatable bonds is 3. The molecule has 1 heterocycles. The predicted octanol–water partition coefficient (Wildman–Crippen LogP) is 3.04. The Kier molecular flexibility index (Phi) is 3.28. The van der Waals surface area contributed by atoms with Crippen molar-refractivity contribution in [3.05, 3.63) is 24.0 Å². The Labute approximate surface area is 103 Å². The van der Waals surface area contributed by atoms with Gasteiger partial charge >= 0.3 is 5.97 Å². The van der Waals surface area contributed by atoms with Crippen LogP contribution in [0.15, 0.2) is 27.5 Å². The number of thioether (sulfide) groups is 1. The minimum absolute atomic E-state index is 0.139. The summed E-state index contributed by atoms with van der Waals surface area (Å²) in [6.07, 6.45) is 1.94. The van der Waals surface area contributed by atoms with Crippen molar-refractivity contribution < 1.29 is 19.1 Å². The number of esters is 1. The molecular weight excluding hydrogens is 240 g/mol. The van der Waals surface area contributed by atoms with Gasteiger partial charge in [-0.25, -0.2) is 4.79 Å². The summed E-state index contributed by atoms with van der Waals surface area (Å²) in [6.45, 7) is 1.94. The molecule has 0 saturated heterocycles. The second-order valence-electron chi connectivity index (χ2n) is 3.36. The Hall–Kier alpha value is -1.62. The third-order valence-electron chi connectivity index (χ3n) is 2.33. The summed E-state index contributed by atoms with van der Waals surface area (Å²) in [5, 5.41) is 10.4. The van der Waals surface area contributed by atoms with E-state index in [0.29, 0.717) is 11.0 Å². The van der Waals surface area contributed by atoms with Gasteiger partial charge in [0.1, 0.15) is 5.58 Å². The molecule has 0 fully saturated rings. The molecule has 0 unspecified atom stereocenters. The van der Waals surface area contributed by atoms with Crippen LogP contribution < -0.4 is 0 Å². The van der Waals surface area contributed by atoms with E-state index >= 15 is 0 Å². The lowest BCUT2D eigenvalue weighted by Gasteiger charge is -1.97. The maximum atomic E-state index is 11.5. The van der Waals surface area contributed by atoms with Crippen LogP contribution in [0.3, 0.4) is 0 Å². The first-order chi connectivity index (χ1) is 8.17. The standard InChI is InChI=1S/C12H12O4S/c1-3-15-12(14)11-10(13)8-6-7(17-2)4-5-9(8)16-11/h4-6,13H,3H2,1-2H3. The largest absolute Gasteiger partial charge is 0.504 e. The molecule has 5 heteroatoms. The van der Waals surface area contributed by atoms with Crippen molar-refractivity contribution in [1.82, 2.24) is 0 Å². The Balaban J connectivity index is 2.53. The lowest BCUT2D eigenvalue weighted by atomic mass is 10.2. The minimum Gasteiger partial charge on any atom is -0.504 e. The second kappa shape index (κ2) is 4.71. The quantitative estimate of drug-likeness (QED) is 0.672. The molecule has 1 aromatic heterocycles. The summed E-state index contributed by atoms with van der Waals surface area (Å²) >= 11 is 1.55. The van der Waals surface area contributed by atoms with Crippen LogP contribution in [0.1, 0.15) is 17.5 Å². The molecule has 0 radical (unpaired) electrons. The molecule has 0 atom stereocenters. The van der Waals surface area contributed by atoms with Crippen LogP contribution in [-0.4, -0.2) is 23.9 Å². The maximum Gasteiger partial charge on any atom is 0.378 e. The van der Waals surface area contributed by atoms with Crippen LogP contribution in [-0.2, 0) is 4.74 Å². The number of furan rings is 1. The molecule has 0 aliphatic heterocycles. The zero-order chi connectivity index (χ0) is 12.4. The van der Waals surface area contributed by atoms with E-state index in [1.807, 2.05) is 12.3 Å². The summed E-state index contributed by atoms with van der Waals surface area (Å²) in [7, 11) is 0. The fourth-order valence-electron chi connectivity index (χ4n) is 1.53. The fourth-order valence-corrected chi connectivity index (χ4v) is 1.97. The van der Waals surface area contributed by atoms with Gasteiger partial charge in [-0.1, -0.05) is 0 Å². The minimum atomic E-state index is -0.646. The van der Waals surface area contributed by atoms with Gasteiger partial charge < -0.3 is 14.3 Å². The first kappa shape index (κ1) is 11.9. The molecule has 1 aromatic carbocycles. The van der Waals surface area contributed by atoms with Crippen LogP contribution in [0.5, 0.6) is 5.75 Å². The molecule has 4 nitrogen and oxygen atoms in total. The van der Waals surface area contributed by atoms with E-state index in [-0.39, 0.29) is 18.1 Å². The van der Waals surface area contributed by atoms with E-state index in [1.54, 1.807) is 30.8 Å². The summed E-state index contributed by atoms with van der Waals surface area (Å²) < 4.78 is 10.1. The SMILES string of the molecule is CCOC(=O)c1oc2ccc(SC)cc2c1O. The van der Waals surface area contributed by atoms with E-state index < -0.39 is 5.97 Å². The molecule has 0 saturated carbocycles. The lowest BCUT2D eigenvalue weighted by molar-refractivity contribution is 0.0488. The van der Waals surface area contributed by atoms with Crippen LogP contribution in [0, 0.1) is 0 Å². The van der Waals surface area contributed by atoms with Gasteiger partial charge in [0.2, 0.25) is 0 Å². The van der Waals surface area contributed by atoms with Crippen molar-refractivity contribution in [3.8, 4) is 5.75 Å². The Morgan fingerprint density at radius 2 is 2.29 bits per heavy atom. The molecule has 2 rings (SSSR count). The Bertz CT molecular complexity index is 559. The number of fused-ring (bicyclic) bond motifs is 1. The molecule has 1 N–H and O–H groups in total. The van der Waals surface area contributed by atoms with Gasteiger partial charge in [-0.2, -0.15) is 0 Å². The summed E-state index contributed by atoms with van der Waals surface area (Å²) in [6, 6.07) is 5.37. The zero-order valence-electron chi connectivity index (χ0n) is 9.52. The van der Waals surface area contributed by atoms with E-state index in [1.165, 1.54) is 0 Å². The second-order valence-corrected chi connectivity index (χ2v) is 4.24. The third-order valence-corrected chi connectivity index (χ3v) is 3.06. The number of carbonyl (C=O) groups excluding carboxylic acids is 1. The molecule has 0 amide bonds. The molecule has 2 aromatic rings. The van der Waals surface area contributed by atoms with Crippen LogP contribution in [0.4, 0.5) is 0 Å². The van der Waals surface area contributed by atoms with Gasteiger partial charge in [-0.05, 0) is 31.4 Å². The van der Waals surface area contributed by atoms with Gasteiger partial charge in [-0.3, -0.25) is 0 Å². The highest BCUT2D eigenvalue weighted by Gasteiger charge is 2.21. The van der Waals surface area contributed by atoms with Gasteiger partial charge in [0, 0.05) is 4.90 Å². The normalized spacial score (nSPS) is 10.7. The highest BCUT2D eigenvalue weighted by atomic mass is 32.2. The monoisotopic (exact) mass is 252 g/mol. The average molecular weight is 252 g/mol. The van der Waals surface area contributed by atoms with Crippen molar-refractivity contribution in [2.45, 2.75) is 11.8 Å². The van der Waals surface area contributed by atoms with Crippen LogP contribution >= 0.6 is 11.8 Å². The predicted molar refractivity (Wildman–Crippen MR) is 65.6 cm³/mol. The highest BCUT2D eigenvalue weighted by Crippen LogP contribution is 2.34. The third kappa shape index (κ3) is 2.10. The molecule has 0 aliphatic rings. The lowest BCUT2D eigenvalue weighted by Crippen LogP contribution is -2.02. The average Bonchev–Trinajstić information content (AvgIpc) is 2.67. The first-order valence-electron chi connectivity index (χ1n) is 5.14. The molecule has 17 heavy (non-hydrogen) atoms. The topological polar surface area (TPSA) is 59.7 Å². The Morgan fingerprint density at radius 1 is 1.53 bits per heavy atom. The number of hydrogen-bond donors (Lipinski definition) is 1. The van der Waals surface area contributed by atoms with Crippen molar-refractivity contribution in [3.63, 3.8) is 0 Å². The van der Waals surface area contributed by atoms with E-state index in [4.69, 9.17) is 9.15 Å².